The first kappa shape index (κ1) is 24.6. The number of rotatable bonds is 3. The highest BCUT2D eigenvalue weighted by Gasteiger charge is 2.27. The van der Waals surface area contributed by atoms with E-state index in [-0.39, 0.29) is 0 Å². The molecule has 0 N–H and O–H groups in total. The first-order chi connectivity index (χ1) is 21.8. The zero-order valence-corrected chi connectivity index (χ0v) is 23.8. The molecule has 3 aromatic heterocycles. The summed E-state index contributed by atoms with van der Waals surface area (Å²) in [6.07, 6.45) is 3.71. The molecular weight excluding hydrogens is 536 g/mol. The fourth-order valence-electron chi connectivity index (χ4n) is 6.73. The van der Waals surface area contributed by atoms with Crippen molar-refractivity contribution in [3.63, 3.8) is 0 Å². The van der Waals surface area contributed by atoms with Crippen LogP contribution in [0.4, 0.5) is 17.1 Å². The van der Waals surface area contributed by atoms with E-state index in [0.717, 1.165) is 45.2 Å². The molecule has 0 unspecified atom stereocenters. The van der Waals surface area contributed by atoms with Gasteiger partial charge in [-0.2, -0.15) is 0 Å². The summed E-state index contributed by atoms with van der Waals surface area (Å²) in [7, 11) is 0. The molecule has 0 aliphatic carbocycles. The largest absolute Gasteiger partial charge is 0.309 e. The molecule has 4 heteroatoms. The van der Waals surface area contributed by atoms with Gasteiger partial charge in [-0.25, -0.2) is 4.98 Å². The fraction of sp³-hybridized carbons (Fsp3) is 0. The first-order valence-corrected chi connectivity index (χ1v) is 14.8. The first-order valence-electron chi connectivity index (χ1n) is 14.8. The normalized spacial score (nSPS) is 12.0. The van der Waals surface area contributed by atoms with Crippen molar-refractivity contribution >= 4 is 38.9 Å². The Morgan fingerprint density at radius 2 is 1.11 bits per heavy atom. The van der Waals surface area contributed by atoms with Crippen LogP contribution in [0.1, 0.15) is 0 Å². The van der Waals surface area contributed by atoms with E-state index in [0.29, 0.717) is 0 Å². The lowest BCUT2D eigenvalue weighted by Crippen LogP contribution is -2.11. The monoisotopic (exact) mass is 562 g/mol. The minimum absolute atomic E-state index is 0.900. The molecule has 4 heterocycles. The van der Waals surface area contributed by atoms with Gasteiger partial charge in [0.2, 0.25) is 0 Å². The molecule has 1 aliphatic heterocycles. The molecule has 1 aliphatic rings. The minimum atomic E-state index is 0.900. The average Bonchev–Trinajstić information content (AvgIpc) is 3.37. The SMILES string of the molecule is c1ccc(-c2ccc3c(c2)N(c2ccc4c5ccccc5n(-c5ccccn5)c4c2)c2ccccc2-c2ccccc2-3)nc1. The van der Waals surface area contributed by atoms with Gasteiger partial charge in [0.1, 0.15) is 5.82 Å². The second kappa shape index (κ2) is 9.79. The topological polar surface area (TPSA) is 34.0 Å². The molecule has 44 heavy (non-hydrogen) atoms. The van der Waals surface area contributed by atoms with Crippen molar-refractivity contribution in [2.24, 2.45) is 0 Å². The van der Waals surface area contributed by atoms with Gasteiger partial charge in [0.25, 0.3) is 0 Å². The lowest BCUT2D eigenvalue weighted by atomic mass is 9.94. The van der Waals surface area contributed by atoms with Gasteiger partial charge in [0, 0.05) is 45.5 Å². The van der Waals surface area contributed by atoms with Crippen molar-refractivity contribution in [2.75, 3.05) is 4.90 Å². The van der Waals surface area contributed by atoms with Crippen molar-refractivity contribution in [3.8, 4) is 39.3 Å². The van der Waals surface area contributed by atoms with Crippen LogP contribution in [0.5, 0.6) is 0 Å². The zero-order chi connectivity index (χ0) is 29.0. The van der Waals surface area contributed by atoms with Gasteiger partial charge in [0.15, 0.2) is 0 Å². The maximum atomic E-state index is 4.77. The molecule has 0 fully saturated rings. The fourth-order valence-corrected chi connectivity index (χ4v) is 6.73. The van der Waals surface area contributed by atoms with Crippen molar-refractivity contribution in [3.05, 3.63) is 158 Å². The Balaban J connectivity index is 1.37. The van der Waals surface area contributed by atoms with Crippen molar-refractivity contribution in [1.82, 2.24) is 14.5 Å². The van der Waals surface area contributed by atoms with E-state index in [4.69, 9.17) is 4.98 Å². The molecular formula is C40H26N4. The van der Waals surface area contributed by atoms with Crippen molar-refractivity contribution < 1.29 is 0 Å². The Kier molecular flexibility index (Phi) is 5.47. The molecule has 0 saturated carbocycles. The Hall–Kier alpha value is -6.00. The molecule has 0 spiro atoms. The number of hydrogen-bond acceptors (Lipinski definition) is 3. The smallest absolute Gasteiger partial charge is 0.137 e. The number of anilines is 3. The van der Waals surface area contributed by atoms with E-state index in [9.17, 15) is 0 Å². The molecule has 4 nitrogen and oxygen atoms in total. The number of nitrogens with zero attached hydrogens (tertiary/aromatic N) is 4. The standard InChI is InChI=1S/C40H26N4/c1-2-12-30-29(11-1)31-13-3-5-16-36(31)43(38-25-27(19-21-33(30)38)35-15-7-9-23-41-35)28-20-22-34-32-14-4-6-17-37(32)44(39(34)26-28)40-18-8-10-24-42-40/h1-26H. The molecule has 0 saturated heterocycles. The van der Waals surface area contributed by atoms with Gasteiger partial charge in [-0.1, -0.05) is 91.0 Å². The average molecular weight is 563 g/mol. The van der Waals surface area contributed by atoms with Crippen LogP contribution in [0.2, 0.25) is 0 Å². The summed E-state index contributed by atoms with van der Waals surface area (Å²) in [5.74, 6) is 0.900. The van der Waals surface area contributed by atoms with Crippen LogP contribution in [0.3, 0.4) is 0 Å². The lowest BCUT2D eigenvalue weighted by molar-refractivity contribution is 1.08. The number of aromatic nitrogens is 3. The van der Waals surface area contributed by atoms with E-state index in [1.165, 1.54) is 33.0 Å². The lowest BCUT2D eigenvalue weighted by Gasteiger charge is -2.28. The maximum absolute atomic E-state index is 4.77. The van der Waals surface area contributed by atoms with Crippen LogP contribution in [-0.4, -0.2) is 14.5 Å². The summed E-state index contributed by atoms with van der Waals surface area (Å²) in [6.45, 7) is 0. The van der Waals surface area contributed by atoms with E-state index >= 15 is 0 Å². The van der Waals surface area contributed by atoms with Gasteiger partial charge >= 0.3 is 0 Å². The summed E-state index contributed by atoms with van der Waals surface area (Å²) in [5.41, 5.74) is 12.4. The summed E-state index contributed by atoms with van der Waals surface area (Å²) in [5, 5.41) is 2.41. The third-order valence-electron chi connectivity index (χ3n) is 8.65. The van der Waals surface area contributed by atoms with E-state index < -0.39 is 0 Å². The van der Waals surface area contributed by atoms with E-state index in [2.05, 4.69) is 136 Å². The molecule has 0 radical (unpaired) electrons. The highest BCUT2D eigenvalue weighted by molar-refractivity contribution is 6.11. The number of para-hydroxylation sites is 2. The quantitative estimate of drug-likeness (QED) is 0.215. The highest BCUT2D eigenvalue weighted by Crippen LogP contribution is 2.51. The Labute approximate surface area is 255 Å². The van der Waals surface area contributed by atoms with Crippen LogP contribution in [0, 0.1) is 0 Å². The molecule has 8 aromatic rings. The summed E-state index contributed by atoms with van der Waals surface area (Å²) in [4.78, 5) is 11.9. The number of hydrogen-bond donors (Lipinski definition) is 0. The number of fused-ring (bicyclic) bond motifs is 8. The third-order valence-corrected chi connectivity index (χ3v) is 8.65. The van der Waals surface area contributed by atoms with Gasteiger partial charge in [-0.15, -0.1) is 0 Å². The zero-order valence-electron chi connectivity index (χ0n) is 23.8. The molecule has 206 valence electrons. The van der Waals surface area contributed by atoms with E-state index in [1.54, 1.807) is 0 Å². The predicted octanol–water partition coefficient (Wildman–Crippen LogP) is 10.4. The summed E-state index contributed by atoms with van der Waals surface area (Å²) in [6, 6.07) is 51.7. The highest BCUT2D eigenvalue weighted by atomic mass is 15.2. The van der Waals surface area contributed by atoms with Gasteiger partial charge in [0.05, 0.1) is 28.1 Å². The van der Waals surface area contributed by atoms with Crippen LogP contribution >= 0.6 is 0 Å². The summed E-state index contributed by atoms with van der Waals surface area (Å²) < 4.78 is 2.28. The van der Waals surface area contributed by atoms with E-state index in [1.807, 2.05) is 36.7 Å². The van der Waals surface area contributed by atoms with Gasteiger partial charge < -0.3 is 4.90 Å². The Bertz CT molecular complexity index is 2340. The van der Waals surface area contributed by atoms with Crippen molar-refractivity contribution in [1.29, 1.82) is 0 Å². The Morgan fingerprint density at radius 1 is 0.432 bits per heavy atom. The van der Waals surface area contributed by atoms with Crippen molar-refractivity contribution in [2.45, 2.75) is 0 Å². The minimum Gasteiger partial charge on any atom is -0.309 e. The molecule has 0 bridgehead atoms. The van der Waals surface area contributed by atoms with Crippen LogP contribution in [-0.2, 0) is 0 Å². The maximum Gasteiger partial charge on any atom is 0.137 e. The van der Waals surface area contributed by atoms with Gasteiger partial charge in [-0.3, -0.25) is 9.55 Å². The second-order valence-corrected chi connectivity index (χ2v) is 11.1. The summed E-state index contributed by atoms with van der Waals surface area (Å²) >= 11 is 0. The second-order valence-electron chi connectivity index (χ2n) is 11.1. The Morgan fingerprint density at radius 3 is 1.91 bits per heavy atom. The number of pyridine rings is 2. The van der Waals surface area contributed by atoms with Crippen LogP contribution in [0.15, 0.2) is 158 Å². The third kappa shape index (κ3) is 3.71. The molecule has 0 atom stereocenters. The predicted molar refractivity (Wildman–Crippen MR) is 181 cm³/mol. The molecule has 9 rings (SSSR count). The number of benzene rings is 5. The van der Waals surface area contributed by atoms with Gasteiger partial charge in [-0.05, 0) is 65.7 Å². The molecule has 0 amide bonds. The molecule has 5 aromatic carbocycles. The van der Waals surface area contributed by atoms with Crippen LogP contribution < -0.4 is 4.90 Å². The van der Waals surface area contributed by atoms with Crippen LogP contribution in [0.25, 0.3) is 61.1 Å².